The van der Waals surface area contributed by atoms with Gasteiger partial charge in [0.05, 0.1) is 28.1 Å². The minimum absolute atomic E-state index is 0.0456. The van der Waals surface area contributed by atoms with Gasteiger partial charge in [-0.05, 0) is 25.0 Å². The Labute approximate surface area is 246 Å². The molecule has 3 saturated heterocycles. The number of benzene rings is 2. The van der Waals surface area contributed by atoms with E-state index in [0.717, 1.165) is 23.9 Å². The number of anilines is 1. The van der Waals surface area contributed by atoms with Crippen molar-refractivity contribution in [1.82, 2.24) is 19.6 Å². The second-order valence-corrected chi connectivity index (χ2v) is 10.9. The van der Waals surface area contributed by atoms with Crippen molar-refractivity contribution >= 4 is 40.7 Å². The summed E-state index contributed by atoms with van der Waals surface area (Å²) in [6, 6.07) is 12.1. The predicted molar refractivity (Wildman–Crippen MR) is 152 cm³/mol. The molecule has 3 heterocycles. The zero-order chi connectivity index (χ0) is 30.9. The van der Waals surface area contributed by atoms with Crippen molar-refractivity contribution in [1.29, 1.82) is 0 Å². The van der Waals surface area contributed by atoms with Crippen molar-refractivity contribution in [3.8, 4) is 0 Å². The Morgan fingerprint density at radius 1 is 0.814 bits per heavy atom. The lowest BCUT2D eigenvalue weighted by atomic mass is 9.85. The van der Waals surface area contributed by atoms with Crippen molar-refractivity contribution < 1.29 is 29.0 Å². The number of amides is 4. The number of likely N-dealkylation sites (tertiary alicyclic amines) is 1. The molecule has 5 rings (SSSR count). The molecule has 0 unspecified atom stereocenters. The van der Waals surface area contributed by atoms with Crippen LogP contribution in [0.5, 0.6) is 0 Å². The molecule has 1 spiro atoms. The molecule has 0 N–H and O–H groups in total. The minimum atomic E-state index is -1.03. The quantitative estimate of drug-likeness (QED) is 0.355. The molecular formula is C28H31N7O8. The Morgan fingerprint density at radius 3 is 1.91 bits per heavy atom. The first-order valence-corrected chi connectivity index (χ1v) is 13.9. The minimum Gasteiger partial charge on any atom is -0.339 e. The van der Waals surface area contributed by atoms with Crippen molar-refractivity contribution in [2.45, 2.75) is 25.3 Å². The average molecular weight is 594 g/mol. The van der Waals surface area contributed by atoms with Gasteiger partial charge in [0, 0.05) is 64.0 Å². The number of carbonyl (C=O) groups excluding carboxylic acids is 4. The third-order valence-corrected chi connectivity index (χ3v) is 8.43. The lowest BCUT2D eigenvalue weighted by Gasteiger charge is -2.43. The van der Waals surface area contributed by atoms with Crippen molar-refractivity contribution in [3.63, 3.8) is 0 Å². The summed E-state index contributed by atoms with van der Waals surface area (Å²) in [6.45, 7) is 3.45. The summed E-state index contributed by atoms with van der Waals surface area (Å²) in [5.74, 6) is -1.09. The molecule has 0 aliphatic carbocycles. The fraction of sp³-hybridized carbons (Fsp3) is 0.429. The van der Waals surface area contributed by atoms with E-state index in [1.165, 1.54) is 16.7 Å². The summed E-state index contributed by atoms with van der Waals surface area (Å²) in [5, 5.41) is 22.6. The van der Waals surface area contributed by atoms with Crippen LogP contribution in [0.3, 0.4) is 0 Å². The Morgan fingerprint density at radius 2 is 1.37 bits per heavy atom. The summed E-state index contributed by atoms with van der Waals surface area (Å²) >= 11 is 0. The van der Waals surface area contributed by atoms with Gasteiger partial charge in [0.1, 0.15) is 12.1 Å². The second-order valence-electron chi connectivity index (χ2n) is 10.9. The van der Waals surface area contributed by atoms with Crippen LogP contribution in [-0.4, -0.2) is 111 Å². The Balaban J connectivity index is 1.33. The molecule has 3 aliphatic rings. The summed E-state index contributed by atoms with van der Waals surface area (Å²) in [6.07, 6.45) is 0.455. The van der Waals surface area contributed by atoms with E-state index < -0.39 is 32.7 Å². The fourth-order valence-electron chi connectivity index (χ4n) is 6.05. The predicted octanol–water partition coefficient (Wildman–Crippen LogP) is 1.47. The molecule has 4 amide bonds. The molecule has 0 bridgehead atoms. The van der Waals surface area contributed by atoms with Crippen LogP contribution in [0.15, 0.2) is 48.5 Å². The van der Waals surface area contributed by atoms with Gasteiger partial charge in [0.15, 0.2) is 0 Å². The number of para-hydroxylation sites is 1. The Hall–Kier alpha value is -5.08. The molecule has 226 valence electrons. The third-order valence-electron chi connectivity index (χ3n) is 8.43. The van der Waals surface area contributed by atoms with E-state index in [4.69, 9.17) is 0 Å². The van der Waals surface area contributed by atoms with Crippen molar-refractivity contribution in [3.05, 3.63) is 74.3 Å². The van der Waals surface area contributed by atoms with Gasteiger partial charge >= 0.3 is 0 Å². The van der Waals surface area contributed by atoms with Crippen LogP contribution in [0.25, 0.3) is 0 Å². The van der Waals surface area contributed by atoms with E-state index >= 15 is 0 Å². The van der Waals surface area contributed by atoms with Crippen LogP contribution in [0.1, 0.15) is 30.1 Å². The van der Waals surface area contributed by atoms with E-state index in [2.05, 4.69) is 0 Å². The van der Waals surface area contributed by atoms with Gasteiger partial charge in [0.2, 0.25) is 11.8 Å². The van der Waals surface area contributed by atoms with Gasteiger partial charge in [-0.1, -0.05) is 18.2 Å². The van der Waals surface area contributed by atoms with Gasteiger partial charge < -0.3 is 24.5 Å². The second kappa shape index (κ2) is 11.7. The van der Waals surface area contributed by atoms with Gasteiger partial charge in [-0.25, -0.2) is 0 Å². The number of piperazine rings is 1. The molecule has 15 heteroatoms. The van der Waals surface area contributed by atoms with E-state index in [1.54, 1.807) is 9.80 Å². The number of nitrogens with zero attached hydrogens (tertiary/aromatic N) is 7. The summed E-state index contributed by atoms with van der Waals surface area (Å²) in [7, 11) is 0. The highest BCUT2D eigenvalue weighted by atomic mass is 16.6. The molecule has 15 nitrogen and oxygen atoms in total. The summed E-state index contributed by atoms with van der Waals surface area (Å²) in [4.78, 5) is 81.5. The SMILES string of the molecule is CC(=O)N1CCN(C(=O)CN2CN(c3ccccc3)C3(CCN(C(=O)c4cc([N+](=O)[O-])cc([N+](=O)[O-])c4)CC3)C2=O)CC1. The number of nitro benzene ring substituents is 2. The van der Waals surface area contributed by atoms with Crippen LogP contribution in [-0.2, 0) is 14.4 Å². The van der Waals surface area contributed by atoms with E-state index in [1.807, 2.05) is 35.2 Å². The van der Waals surface area contributed by atoms with Gasteiger partial charge in [-0.15, -0.1) is 0 Å². The molecule has 2 aromatic carbocycles. The molecule has 0 aromatic heterocycles. The van der Waals surface area contributed by atoms with Gasteiger partial charge in [-0.3, -0.25) is 39.4 Å². The highest BCUT2D eigenvalue weighted by Gasteiger charge is 2.54. The maximum absolute atomic E-state index is 14.0. The van der Waals surface area contributed by atoms with Crippen LogP contribution < -0.4 is 4.90 Å². The van der Waals surface area contributed by atoms with E-state index in [9.17, 15) is 39.4 Å². The van der Waals surface area contributed by atoms with Crippen molar-refractivity contribution in [2.24, 2.45) is 0 Å². The maximum atomic E-state index is 14.0. The molecular weight excluding hydrogens is 562 g/mol. The smallest absolute Gasteiger partial charge is 0.277 e. The number of piperidine rings is 1. The Bertz CT molecular complexity index is 1430. The van der Waals surface area contributed by atoms with Crippen molar-refractivity contribution in [2.75, 3.05) is 57.4 Å². The number of nitro groups is 2. The van der Waals surface area contributed by atoms with Crippen LogP contribution >= 0.6 is 0 Å². The maximum Gasteiger partial charge on any atom is 0.277 e. The van der Waals surface area contributed by atoms with E-state index in [0.29, 0.717) is 26.2 Å². The highest BCUT2D eigenvalue weighted by Crippen LogP contribution is 2.40. The molecule has 0 atom stereocenters. The molecule has 3 fully saturated rings. The van der Waals surface area contributed by atoms with Gasteiger partial charge in [0.25, 0.3) is 23.2 Å². The normalized spacial score (nSPS) is 18.3. The number of non-ortho nitro benzene ring substituents is 2. The molecule has 2 aromatic rings. The van der Waals surface area contributed by atoms with E-state index in [-0.39, 0.29) is 62.4 Å². The summed E-state index contributed by atoms with van der Waals surface area (Å²) in [5.41, 5.74) is -1.53. The standard InChI is InChI=1S/C28H31N7O8/c1-20(36)29-11-13-30(14-12-29)25(37)18-32-19-33(22-5-3-2-4-6-22)28(27(32)39)7-9-31(10-8-28)26(38)21-15-23(34(40)41)17-24(16-21)35(42)43/h2-6,15-17H,7-14,18-19H2,1H3. The van der Waals surface area contributed by atoms with Crippen LogP contribution in [0.2, 0.25) is 0 Å². The molecule has 3 aliphatic heterocycles. The van der Waals surface area contributed by atoms with Gasteiger partial charge in [-0.2, -0.15) is 0 Å². The highest BCUT2D eigenvalue weighted by molar-refractivity contribution is 5.98. The molecule has 0 radical (unpaired) electrons. The summed E-state index contributed by atoms with van der Waals surface area (Å²) < 4.78 is 0. The topological polar surface area (TPSA) is 171 Å². The molecule has 0 saturated carbocycles. The monoisotopic (exact) mass is 593 g/mol. The lowest BCUT2D eigenvalue weighted by molar-refractivity contribution is -0.394. The number of hydrogen-bond donors (Lipinski definition) is 0. The number of rotatable bonds is 6. The first kappa shape index (κ1) is 29.4. The third kappa shape index (κ3) is 5.69. The number of carbonyl (C=O) groups is 4. The lowest BCUT2D eigenvalue weighted by Crippen LogP contribution is -2.57. The van der Waals surface area contributed by atoms with Crippen LogP contribution in [0.4, 0.5) is 17.1 Å². The zero-order valence-corrected chi connectivity index (χ0v) is 23.6. The zero-order valence-electron chi connectivity index (χ0n) is 23.6. The Kier molecular flexibility index (Phi) is 7.98. The van der Waals surface area contributed by atoms with Crippen LogP contribution in [0, 0.1) is 20.2 Å². The largest absolute Gasteiger partial charge is 0.339 e. The molecule has 43 heavy (non-hydrogen) atoms. The average Bonchev–Trinajstić information content (AvgIpc) is 3.27. The number of hydrogen-bond acceptors (Lipinski definition) is 9. The first-order valence-electron chi connectivity index (χ1n) is 13.9. The first-order chi connectivity index (χ1) is 20.5. The fourth-order valence-corrected chi connectivity index (χ4v) is 6.05.